The zero-order valence-electron chi connectivity index (χ0n) is 13.5. The van der Waals surface area contributed by atoms with Crippen LogP contribution in [0.5, 0.6) is 5.75 Å². The van der Waals surface area contributed by atoms with E-state index >= 15 is 0 Å². The van der Waals surface area contributed by atoms with Gasteiger partial charge in [-0.1, -0.05) is 0 Å². The first kappa shape index (κ1) is 15.9. The van der Waals surface area contributed by atoms with Crippen molar-refractivity contribution >= 4 is 39.2 Å². The summed E-state index contributed by atoms with van der Waals surface area (Å²) in [4.78, 5) is 19.5. The minimum Gasteiger partial charge on any atom is -0.407 e. The molecule has 4 N–H and O–H groups in total. The Bertz CT molecular complexity index is 869. The number of pyridine rings is 1. The molecule has 0 spiro atoms. The Morgan fingerprint density at radius 1 is 1.36 bits per heavy atom. The van der Waals surface area contributed by atoms with Gasteiger partial charge < -0.3 is 25.7 Å². The molecule has 0 radical (unpaired) electrons. The third-order valence-electron chi connectivity index (χ3n) is 4.16. The Balaban J connectivity index is 1.45. The fraction of sp³-hybridized carbons (Fsp3) is 0.294. The lowest BCUT2D eigenvalue weighted by Gasteiger charge is -2.23. The summed E-state index contributed by atoms with van der Waals surface area (Å²) in [7, 11) is 0. The smallest absolute Gasteiger partial charge is 0.407 e. The van der Waals surface area contributed by atoms with Gasteiger partial charge in [-0.05, 0) is 43.0 Å². The zero-order chi connectivity index (χ0) is 17.1. The predicted molar refractivity (Wildman–Crippen MR) is 98.7 cm³/mol. The minimum atomic E-state index is -0.420. The van der Waals surface area contributed by atoms with E-state index in [0.717, 1.165) is 47.7 Å². The Kier molecular flexibility index (Phi) is 4.53. The number of hydrogen-bond acceptors (Lipinski definition) is 6. The molecular formula is C17H19N5O2S. The third-order valence-corrected chi connectivity index (χ3v) is 4.97. The van der Waals surface area contributed by atoms with Crippen molar-refractivity contribution in [1.29, 1.82) is 0 Å². The number of hydrogen-bond donors (Lipinski definition) is 4. The molecule has 4 heterocycles. The average molecular weight is 357 g/mol. The number of aromatic amines is 1. The van der Waals surface area contributed by atoms with E-state index in [2.05, 4.69) is 25.9 Å². The molecule has 0 bridgehead atoms. The molecule has 1 atom stereocenters. The number of thiophene rings is 1. The van der Waals surface area contributed by atoms with Crippen LogP contribution in [0.3, 0.4) is 0 Å². The van der Waals surface area contributed by atoms with E-state index in [4.69, 9.17) is 4.74 Å². The quantitative estimate of drug-likeness (QED) is 0.576. The van der Waals surface area contributed by atoms with E-state index in [1.165, 1.54) is 11.3 Å². The summed E-state index contributed by atoms with van der Waals surface area (Å²) < 4.78 is 5.50. The Hall–Kier alpha value is -2.58. The summed E-state index contributed by atoms with van der Waals surface area (Å²) in [5.41, 5.74) is 1.72. The minimum absolute atomic E-state index is 0.121. The van der Waals surface area contributed by atoms with Crippen molar-refractivity contribution in [2.75, 3.05) is 18.4 Å². The molecule has 3 aromatic rings. The highest BCUT2D eigenvalue weighted by Gasteiger charge is 2.18. The number of ether oxygens (including phenoxy) is 1. The number of fused-ring (bicyclic) bond motifs is 1. The largest absolute Gasteiger partial charge is 0.412 e. The van der Waals surface area contributed by atoms with Gasteiger partial charge in [-0.3, -0.25) is 0 Å². The van der Waals surface area contributed by atoms with Crippen LogP contribution in [-0.4, -0.2) is 35.2 Å². The molecule has 3 aromatic heterocycles. The molecule has 7 nitrogen and oxygen atoms in total. The Morgan fingerprint density at radius 2 is 2.32 bits per heavy atom. The fourth-order valence-corrected chi connectivity index (χ4v) is 3.65. The molecule has 0 saturated carbocycles. The molecule has 1 aliphatic heterocycles. The molecule has 1 amide bonds. The maximum Gasteiger partial charge on any atom is 0.412 e. The molecule has 1 saturated heterocycles. The van der Waals surface area contributed by atoms with Crippen molar-refractivity contribution in [3.05, 3.63) is 36.0 Å². The van der Waals surface area contributed by atoms with Crippen LogP contribution in [0.2, 0.25) is 0 Å². The summed E-state index contributed by atoms with van der Waals surface area (Å²) in [5, 5.41) is 13.2. The van der Waals surface area contributed by atoms with Gasteiger partial charge in [0, 0.05) is 30.4 Å². The van der Waals surface area contributed by atoms with Crippen molar-refractivity contribution in [2.45, 2.75) is 18.9 Å². The van der Waals surface area contributed by atoms with Crippen molar-refractivity contribution < 1.29 is 9.53 Å². The van der Waals surface area contributed by atoms with Crippen LogP contribution >= 0.6 is 11.3 Å². The summed E-state index contributed by atoms with van der Waals surface area (Å²) in [6.45, 7) is 1.79. The molecule has 0 aliphatic carbocycles. The highest BCUT2D eigenvalue weighted by molar-refractivity contribution is 7.14. The second kappa shape index (κ2) is 7.12. The van der Waals surface area contributed by atoms with E-state index in [-0.39, 0.29) is 6.04 Å². The van der Waals surface area contributed by atoms with E-state index in [1.807, 2.05) is 23.7 Å². The maximum atomic E-state index is 12.2. The van der Waals surface area contributed by atoms with Crippen molar-refractivity contribution in [1.82, 2.24) is 20.6 Å². The Morgan fingerprint density at radius 3 is 3.20 bits per heavy atom. The summed E-state index contributed by atoms with van der Waals surface area (Å²) >= 11 is 1.48. The van der Waals surface area contributed by atoms with Gasteiger partial charge in [-0.2, -0.15) is 0 Å². The lowest BCUT2D eigenvalue weighted by Crippen LogP contribution is -2.46. The molecule has 25 heavy (non-hydrogen) atoms. The van der Waals surface area contributed by atoms with Gasteiger partial charge >= 0.3 is 6.09 Å². The molecule has 8 heteroatoms. The van der Waals surface area contributed by atoms with Gasteiger partial charge in [-0.25, -0.2) is 9.78 Å². The molecule has 4 rings (SSSR count). The highest BCUT2D eigenvalue weighted by Crippen LogP contribution is 2.35. The molecule has 0 aromatic carbocycles. The van der Waals surface area contributed by atoms with Crippen LogP contribution < -0.4 is 20.7 Å². The number of H-pyrrole nitrogens is 1. The van der Waals surface area contributed by atoms with E-state index in [1.54, 1.807) is 12.3 Å². The normalized spacial score (nSPS) is 17.4. The highest BCUT2D eigenvalue weighted by atomic mass is 32.1. The number of carbonyl (C=O) groups excluding carboxylic acids is 1. The summed E-state index contributed by atoms with van der Waals surface area (Å²) in [6, 6.07) is 5.77. The first-order valence-electron chi connectivity index (χ1n) is 8.25. The second-order valence-electron chi connectivity index (χ2n) is 5.91. The first-order valence-corrected chi connectivity index (χ1v) is 9.13. The number of nitrogens with zero attached hydrogens (tertiary/aromatic N) is 1. The monoisotopic (exact) mass is 357 g/mol. The van der Waals surface area contributed by atoms with Crippen LogP contribution in [0.1, 0.15) is 12.8 Å². The molecule has 1 fully saturated rings. The lowest BCUT2D eigenvalue weighted by atomic mass is 10.1. The SMILES string of the molecule is O=C(NC1CCCNC1)Oc1ccsc1Nc1ccnc2[nH]ccc12. The van der Waals surface area contributed by atoms with Crippen molar-refractivity contribution in [3.8, 4) is 5.75 Å². The van der Waals surface area contributed by atoms with Gasteiger partial charge in [0.2, 0.25) is 0 Å². The van der Waals surface area contributed by atoms with Crippen molar-refractivity contribution in [2.24, 2.45) is 0 Å². The predicted octanol–water partition coefficient (Wildman–Crippen LogP) is 3.21. The van der Waals surface area contributed by atoms with Gasteiger partial charge in [0.05, 0.1) is 5.69 Å². The van der Waals surface area contributed by atoms with Crippen LogP contribution in [0.4, 0.5) is 15.5 Å². The summed E-state index contributed by atoms with van der Waals surface area (Å²) in [6.07, 6.45) is 5.19. The number of aromatic nitrogens is 2. The number of rotatable bonds is 4. The molecule has 130 valence electrons. The standard InChI is InChI=1S/C17H19N5O2S/c23-17(21-11-2-1-6-18-10-11)24-14-5-9-25-16(14)22-13-4-8-20-15-12(13)3-7-19-15/h3-5,7-9,11,18H,1-2,6,10H2,(H,21,23)(H2,19,20,22). The second-order valence-corrected chi connectivity index (χ2v) is 6.83. The number of carbonyl (C=O) groups is 1. The molecule has 1 aliphatic rings. The van der Waals surface area contributed by atoms with Crippen LogP contribution in [0.25, 0.3) is 11.0 Å². The third kappa shape index (κ3) is 3.59. The topological polar surface area (TPSA) is 91.1 Å². The lowest BCUT2D eigenvalue weighted by molar-refractivity contribution is 0.193. The maximum absolute atomic E-state index is 12.2. The van der Waals surface area contributed by atoms with Gasteiger partial charge in [0.1, 0.15) is 10.6 Å². The fourth-order valence-electron chi connectivity index (χ4n) is 2.93. The van der Waals surface area contributed by atoms with Crippen LogP contribution in [0, 0.1) is 0 Å². The van der Waals surface area contributed by atoms with E-state index in [0.29, 0.717) is 5.75 Å². The van der Waals surface area contributed by atoms with Crippen LogP contribution in [0.15, 0.2) is 36.0 Å². The summed E-state index contributed by atoms with van der Waals surface area (Å²) in [5.74, 6) is 0.520. The molecule has 1 unspecified atom stereocenters. The average Bonchev–Trinajstić information content (AvgIpc) is 3.26. The van der Waals surface area contributed by atoms with Crippen molar-refractivity contribution in [3.63, 3.8) is 0 Å². The Labute approximate surface area is 148 Å². The number of anilines is 2. The van der Waals surface area contributed by atoms with Gasteiger partial charge in [0.25, 0.3) is 0 Å². The van der Waals surface area contributed by atoms with Gasteiger partial charge in [0.15, 0.2) is 5.75 Å². The zero-order valence-corrected chi connectivity index (χ0v) is 14.4. The first-order chi connectivity index (χ1) is 12.3. The number of amides is 1. The molecular weight excluding hydrogens is 338 g/mol. The number of piperidine rings is 1. The van der Waals surface area contributed by atoms with E-state index in [9.17, 15) is 4.79 Å². The van der Waals surface area contributed by atoms with Gasteiger partial charge in [-0.15, -0.1) is 11.3 Å². The van der Waals surface area contributed by atoms with Crippen LogP contribution in [-0.2, 0) is 0 Å². The number of nitrogens with one attached hydrogen (secondary N) is 4. The van der Waals surface area contributed by atoms with E-state index < -0.39 is 6.09 Å².